The number of amides is 2. The quantitative estimate of drug-likeness (QED) is 0.424. The topological polar surface area (TPSA) is 100 Å². The highest BCUT2D eigenvalue weighted by atomic mass is 35.5. The molecule has 2 amide bonds. The lowest BCUT2D eigenvalue weighted by Crippen LogP contribution is -2.39. The van der Waals surface area contributed by atoms with Crippen molar-refractivity contribution >= 4 is 29.6 Å². The molecule has 2 rings (SSSR count). The van der Waals surface area contributed by atoms with Gasteiger partial charge in [-0.3, -0.25) is 9.59 Å². The third-order valence-corrected chi connectivity index (χ3v) is 3.79. The van der Waals surface area contributed by atoms with Crippen molar-refractivity contribution in [2.45, 2.75) is 13.0 Å². The van der Waals surface area contributed by atoms with Crippen LogP contribution in [0, 0.1) is 0 Å². The first-order valence-electron chi connectivity index (χ1n) is 7.67. The smallest absolute Gasteiger partial charge is 0.329 e. The van der Waals surface area contributed by atoms with Crippen LogP contribution < -0.4 is 15.5 Å². The van der Waals surface area contributed by atoms with Crippen molar-refractivity contribution in [1.29, 1.82) is 0 Å². The monoisotopic (exact) mass is 375 g/mol. The maximum absolute atomic E-state index is 11.9. The molecule has 0 spiro atoms. The Hall–Kier alpha value is -3.06. The number of carbonyl (C=O) groups is 2. The van der Waals surface area contributed by atoms with Crippen LogP contribution in [-0.2, 0) is 9.59 Å². The summed E-state index contributed by atoms with van der Waals surface area (Å²) in [5.41, 5.74) is 3.48. The second-order valence-corrected chi connectivity index (χ2v) is 5.77. The summed E-state index contributed by atoms with van der Waals surface area (Å²) < 4.78 is 4.97. The molecule has 0 aromatic heterocycles. The van der Waals surface area contributed by atoms with Crippen LogP contribution in [0.15, 0.2) is 47.6 Å². The van der Waals surface area contributed by atoms with E-state index in [-0.39, 0.29) is 22.6 Å². The normalized spacial score (nSPS) is 11.8. The molecule has 7 nitrogen and oxygen atoms in total. The highest BCUT2D eigenvalue weighted by molar-refractivity contribution is 6.35. The fourth-order valence-electron chi connectivity index (χ4n) is 2.13. The van der Waals surface area contributed by atoms with E-state index in [0.717, 1.165) is 5.56 Å². The van der Waals surface area contributed by atoms with Gasteiger partial charge in [-0.1, -0.05) is 41.9 Å². The predicted octanol–water partition coefficient (Wildman–Crippen LogP) is 2.38. The standard InChI is InChI=1S/C18H18ClN3O4/c1-11(13-6-4-3-5-7-13)21-17(24)18(25)22-20-10-12-8-14(19)16(23)15(9-12)26-2/h3-11,23H,1-2H3,(H,21,24)(H,22,25)/b20-10+/t11-/m0/s1. The number of hydrazone groups is 1. The minimum Gasteiger partial charge on any atom is -0.503 e. The number of hydrogen-bond donors (Lipinski definition) is 3. The Balaban J connectivity index is 1.94. The molecule has 0 unspecified atom stereocenters. The van der Waals surface area contributed by atoms with E-state index in [9.17, 15) is 14.7 Å². The third kappa shape index (κ3) is 4.97. The Morgan fingerprint density at radius 3 is 2.58 bits per heavy atom. The van der Waals surface area contributed by atoms with E-state index in [4.69, 9.17) is 16.3 Å². The molecule has 0 fully saturated rings. The zero-order valence-corrected chi connectivity index (χ0v) is 14.9. The Morgan fingerprint density at radius 1 is 1.23 bits per heavy atom. The average Bonchev–Trinajstić information content (AvgIpc) is 2.64. The zero-order valence-electron chi connectivity index (χ0n) is 14.2. The van der Waals surface area contributed by atoms with Crippen LogP contribution in [0.4, 0.5) is 0 Å². The third-order valence-electron chi connectivity index (χ3n) is 3.50. The summed E-state index contributed by atoms with van der Waals surface area (Å²) in [4.78, 5) is 23.7. The van der Waals surface area contributed by atoms with Crippen molar-refractivity contribution in [1.82, 2.24) is 10.7 Å². The number of carbonyl (C=O) groups excluding carboxylic acids is 2. The highest BCUT2D eigenvalue weighted by Gasteiger charge is 2.16. The number of phenols is 1. The minimum atomic E-state index is -0.902. The first kappa shape index (κ1) is 19.3. The minimum absolute atomic E-state index is 0.0755. The van der Waals surface area contributed by atoms with E-state index in [1.807, 2.05) is 30.3 Å². The summed E-state index contributed by atoms with van der Waals surface area (Å²) >= 11 is 5.86. The molecule has 136 valence electrons. The Kier molecular flexibility index (Phi) is 6.57. The predicted molar refractivity (Wildman–Crippen MR) is 98.4 cm³/mol. The Labute approximate surface area is 155 Å². The van der Waals surface area contributed by atoms with Crippen molar-refractivity contribution < 1.29 is 19.4 Å². The molecule has 0 radical (unpaired) electrons. The number of aromatic hydroxyl groups is 1. The molecule has 0 saturated carbocycles. The lowest BCUT2D eigenvalue weighted by Gasteiger charge is -2.13. The summed E-state index contributed by atoms with van der Waals surface area (Å²) in [6, 6.07) is 11.9. The zero-order chi connectivity index (χ0) is 19.1. The van der Waals surface area contributed by atoms with Gasteiger partial charge < -0.3 is 15.2 Å². The number of nitrogens with one attached hydrogen (secondary N) is 2. The number of methoxy groups -OCH3 is 1. The van der Waals surface area contributed by atoms with Gasteiger partial charge in [0.05, 0.1) is 24.4 Å². The largest absolute Gasteiger partial charge is 0.503 e. The van der Waals surface area contributed by atoms with Crippen LogP contribution in [0.3, 0.4) is 0 Å². The molecule has 1 atom stereocenters. The second kappa shape index (κ2) is 8.87. The number of rotatable bonds is 5. The fourth-order valence-corrected chi connectivity index (χ4v) is 2.35. The van der Waals surface area contributed by atoms with Crippen molar-refractivity contribution in [2.75, 3.05) is 7.11 Å². The molecule has 2 aromatic carbocycles. The Morgan fingerprint density at radius 2 is 1.92 bits per heavy atom. The van der Waals surface area contributed by atoms with Gasteiger partial charge in [-0.05, 0) is 30.2 Å². The molecule has 3 N–H and O–H groups in total. The number of nitrogens with zero attached hydrogens (tertiary/aromatic N) is 1. The van der Waals surface area contributed by atoms with Crippen molar-refractivity contribution in [2.24, 2.45) is 5.10 Å². The van der Waals surface area contributed by atoms with E-state index in [2.05, 4.69) is 15.8 Å². The maximum atomic E-state index is 11.9. The van der Waals surface area contributed by atoms with E-state index in [1.54, 1.807) is 6.92 Å². The number of benzene rings is 2. The van der Waals surface area contributed by atoms with Crippen LogP contribution in [0.5, 0.6) is 11.5 Å². The fraction of sp³-hybridized carbons (Fsp3) is 0.167. The van der Waals surface area contributed by atoms with Crippen molar-refractivity contribution in [3.63, 3.8) is 0 Å². The summed E-state index contributed by atoms with van der Waals surface area (Å²) in [7, 11) is 1.38. The molecule has 0 bridgehead atoms. The van der Waals surface area contributed by atoms with Crippen LogP contribution in [0.25, 0.3) is 0 Å². The highest BCUT2D eigenvalue weighted by Crippen LogP contribution is 2.34. The van der Waals surface area contributed by atoms with Gasteiger partial charge in [-0.2, -0.15) is 5.10 Å². The number of ether oxygens (including phenoxy) is 1. The van der Waals surface area contributed by atoms with Gasteiger partial charge in [0.2, 0.25) is 0 Å². The van der Waals surface area contributed by atoms with Gasteiger partial charge in [0.15, 0.2) is 11.5 Å². The molecule has 2 aromatic rings. The van der Waals surface area contributed by atoms with Gasteiger partial charge in [0, 0.05) is 0 Å². The van der Waals surface area contributed by atoms with Crippen LogP contribution in [-0.4, -0.2) is 30.2 Å². The first-order chi connectivity index (χ1) is 12.4. The lowest BCUT2D eigenvalue weighted by atomic mass is 10.1. The Bertz CT molecular complexity index is 825. The molecule has 0 aliphatic rings. The van der Waals surface area contributed by atoms with Gasteiger partial charge >= 0.3 is 11.8 Å². The molecular weight excluding hydrogens is 358 g/mol. The van der Waals surface area contributed by atoms with Crippen LogP contribution in [0.2, 0.25) is 5.02 Å². The maximum Gasteiger partial charge on any atom is 0.329 e. The van der Waals surface area contributed by atoms with Gasteiger partial charge in [0.1, 0.15) is 0 Å². The van der Waals surface area contributed by atoms with Gasteiger partial charge in [-0.15, -0.1) is 0 Å². The average molecular weight is 376 g/mol. The summed E-state index contributed by atoms with van der Waals surface area (Å²) in [6.45, 7) is 1.77. The molecular formula is C18H18ClN3O4. The summed E-state index contributed by atoms with van der Waals surface area (Å²) in [5.74, 6) is -1.73. The summed E-state index contributed by atoms with van der Waals surface area (Å²) in [5, 5.41) is 16.0. The van der Waals surface area contributed by atoms with E-state index >= 15 is 0 Å². The second-order valence-electron chi connectivity index (χ2n) is 5.36. The van der Waals surface area contributed by atoms with E-state index in [0.29, 0.717) is 5.56 Å². The number of halogens is 1. The number of phenolic OH excluding ortho intramolecular Hbond substituents is 1. The van der Waals surface area contributed by atoms with Crippen LogP contribution in [0.1, 0.15) is 24.1 Å². The molecule has 0 saturated heterocycles. The van der Waals surface area contributed by atoms with Crippen molar-refractivity contribution in [3.8, 4) is 11.5 Å². The summed E-state index contributed by atoms with van der Waals surface area (Å²) in [6.07, 6.45) is 1.28. The number of hydrogen-bond acceptors (Lipinski definition) is 5. The van der Waals surface area contributed by atoms with Gasteiger partial charge in [0.25, 0.3) is 0 Å². The molecule has 8 heteroatoms. The molecule has 0 aliphatic carbocycles. The SMILES string of the molecule is COc1cc(/C=N/NC(=O)C(=O)N[C@@H](C)c2ccccc2)cc(Cl)c1O. The van der Waals surface area contributed by atoms with Gasteiger partial charge in [-0.25, -0.2) is 5.43 Å². The molecule has 0 aliphatic heterocycles. The first-order valence-corrected chi connectivity index (χ1v) is 8.05. The lowest BCUT2D eigenvalue weighted by molar-refractivity contribution is -0.139. The molecule has 26 heavy (non-hydrogen) atoms. The van der Waals surface area contributed by atoms with Crippen molar-refractivity contribution in [3.05, 3.63) is 58.6 Å². The van der Waals surface area contributed by atoms with Crippen LogP contribution >= 0.6 is 11.6 Å². The molecule has 0 heterocycles. The van der Waals surface area contributed by atoms with E-state index < -0.39 is 11.8 Å². The van der Waals surface area contributed by atoms with E-state index in [1.165, 1.54) is 25.5 Å².